The van der Waals surface area contributed by atoms with E-state index in [9.17, 15) is 10.0 Å². The molecule has 1 amide bonds. The second kappa shape index (κ2) is 8.39. The number of nitrogens with zero attached hydrogens (tertiary/aromatic N) is 3. The number of benzene rings is 2. The molecule has 6 nitrogen and oxygen atoms in total. The van der Waals surface area contributed by atoms with E-state index in [1.54, 1.807) is 29.4 Å². The lowest BCUT2D eigenvalue weighted by atomic mass is 10.0. The zero-order chi connectivity index (χ0) is 21.1. The van der Waals surface area contributed by atoms with Crippen LogP contribution in [0.25, 0.3) is 5.57 Å². The van der Waals surface area contributed by atoms with Gasteiger partial charge in [0.2, 0.25) is 0 Å². The van der Waals surface area contributed by atoms with Crippen molar-refractivity contribution in [2.45, 2.75) is 19.6 Å². The molecule has 1 unspecified atom stereocenters. The van der Waals surface area contributed by atoms with Gasteiger partial charge in [-0.3, -0.25) is 24.9 Å². The molecule has 0 saturated carbocycles. The number of hydroxylamine groups is 2. The van der Waals surface area contributed by atoms with Crippen LogP contribution in [0.15, 0.2) is 84.8 Å². The number of ether oxygens (including phenoxy) is 1. The Morgan fingerprint density at radius 3 is 2.33 bits per heavy atom. The summed E-state index contributed by atoms with van der Waals surface area (Å²) in [5.74, 6) is 0.550. The molecule has 2 heterocycles. The maximum absolute atomic E-state index is 13.3. The smallest absolute Gasteiger partial charge is 0.261 e. The number of pyridine rings is 1. The predicted octanol–water partition coefficient (Wildman–Crippen LogP) is 4.13. The van der Waals surface area contributed by atoms with Crippen LogP contribution in [0.2, 0.25) is 0 Å². The second-order valence-corrected chi connectivity index (χ2v) is 7.14. The fraction of sp³-hybridized carbons (Fsp3) is 0.167. The van der Waals surface area contributed by atoms with Crippen molar-refractivity contribution in [2.75, 3.05) is 11.9 Å². The molecule has 2 aromatic carbocycles. The summed E-state index contributed by atoms with van der Waals surface area (Å²) in [4.78, 5) is 19.0. The van der Waals surface area contributed by atoms with Gasteiger partial charge in [-0.25, -0.2) is 0 Å². The number of hydrogen-bond donors (Lipinski definition) is 1. The van der Waals surface area contributed by atoms with E-state index in [1.807, 2.05) is 61.5 Å². The molecule has 1 aromatic heterocycles. The van der Waals surface area contributed by atoms with E-state index < -0.39 is 0 Å². The van der Waals surface area contributed by atoms with Crippen LogP contribution in [-0.4, -0.2) is 34.3 Å². The lowest BCUT2D eigenvalue weighted by Gasteiger charge is -2.25. The predicted molar refractivity (Wildman–Crippen MR) is 115 cm³/mol. The largest absolute Gasteiger partial charge is 0.489 e. The van der Waals surface area contributed by atoms with Gasteiger partial charge in [0.15, 0.2) is 0 Å². The average molecular weight is 401 g/mol. The molecule has 1 aliphatic rings. The Morgan fingerprint density at radius 2 is 1.70 bits per heavy atom. The first-order chi connectivity index (χ1) is 14.6. The van der Waals surface area contributed by atoms with Gasteiger partial charge in [-0.15, -0.1) is 0 Å². The second-order valence-electron chi connectivity index (χ2n) is 7.14. The van der Waals surface area contributed by atoms with Gasteiger partial charge in [0.1, 0.15) is 12.4 Å². The molecular weight excluding hydrogens is 378 g/mol. The highest BCUT2D eigenvalue weighted by Crippen LogP contribution is 2.37. The summed E-state index contributed by atoms with van der Waals surface area (Å²) >= 11 is 0. The van der Waals surface area contributed by atoms with E-state index in [0.29, 0.717) is 23.6 Å². The Morgan fingerprint density at radius 1 is 1.03 bits per heavy atom. The summed E-state index contributed by atoms with van der Waals surface area (Å²) in [6, 6.07) is 20.6. The van der Waals surface area contributed by atoms with Crippen LogP contribution in [0.1, 0.15) is 18.1 Å². The minimum atomic E-state index is -0.320. The number of hydrogen-bond acceptors (Lipinski definition) is 5. The molecule has 4 rings (SSSR count). The summed E-state index contributed by atoms with van der Waals surface area (Å²) in [6.45, 7) is 2.37. The Kier molecular flexibility index (Phi) is 5.50. The van der Waals surface area contributed by atoms with E-state index in [4.69, 9.17) is 4.74 Å². The third-order valence-corrected chi connectivity index (χ3v) is 5.15. The van der Waals surface area contributed by atoms with Gasteiger partial charge in [-0.2, -0.15) is 0 Å². The van der Waals surface area contributed by atoms with E-state index in [-0.39, 0.29) is 11.9 Å². The van der Waals surface area contributed by atoms with Crippen molar-refractivity contribution in [3.8, 4) is 5.75 Å². The number of carbonyl (C=O) groups is 1. The number of carbonyl (C=O) groups excluding carboxylic acids is 1. The van der Waals surface area contributed by atoms with Crippen LogP contribution in [0.3, 0.4) is 0 Å². The van der Waals surface area contributed by atoms with Crippen molar-refractivity contribution in [1.29, 1.82) is 0 Å². The van der Waals surface area contributed by atoms with Crippen molar-refractivity contribution in [1.82, 2.24) is 10.0 Å². The van der Waals surface area contributed by atoms with Crippen LogP contribution >= 0.6 is 0 Å². The molecule has 3 aromatic rings. The van der Waals surface area contributed by atoms with Gasteiger partial charge in [0, 0.05) is 25.1 Å². The van der Waals surface area contributed by atoms with Crippen LogP contribution in [-0.2, 0) is 11.4 Å². The number of aromatic nitrogens is 1. The minimum Gasteiger partial charge on any atom is -0.489 e. The number of rotatable bonds is 6. The minimum absolute atomic E-state index is 0.164. The van der Waals surface area contributed by atoms with Gasteiger partial charge >= 0.3 is 0 Å². The van der Waals surface area contributed by atoms with Gasteiger partial charge in [-0.1, -0.05) is 42.5 Å². The molecule has 6 heteroatoms. The normalized spacial score (nSPS) is 16.2. The Balaban J connectivity index is 1.60. The van der Waals surface area contributed by atoms with Gasteiger partial charge in [-0.05, 0) is 42.3 Å². The molecule has 1 atom stereocenters. The standard InChI is InChI=1S/C24H23N3O3/c1-17-23(26(2)29)22(24(28)27(17)20-12-14-25-15-13-20)19-8-10-21(11-9-19)30-16-18-6-4-3-5-7-18/h3-15,17,29H,16H2,1-2H3. The SMILES string of the molecule is CC1C(N(C)O)=C(c2ccc(OCc3ccccc3)cc2)C(=O)N1c1ccncc1. The molecule has 0 fully saturated rings. The molecule has 1 N–H and O–H groups in total. The first-order valence-electron chi connectivity index (χ1n) is 9.74. The van der Waals surface area contributed by atoms with Crippen LogP contribution in [0, 0.1) is 0 Å². The first kappa shape index (κ1) is 19.7. The Bertz CT molecular complexity index is 1050. The van der Waals surface area contributed by atoms with Crippen LogP contribution < -0.4 is 9.64 Å². The lowest BCUT2D eigenvalue weighted by molar-refractivity contribution is -0.113. The van der Waals surface area contributed by atoms with E-state index in [0.717, 1.165) is 21.9 Å². The zero-order valence-electron chi connectivity index (χ0n) is 16.9. The fourth-order valence-corrected chi connectivity index (χ4v) is 3.74. The Labute approximate surface area is 175 Å². The third kappa shape index (κ3) is 3.77. The summed E-state index contributed by atoms with van der Waals surface area (Å²) in [5, 5.41) is 11.3. The number of likely N-dealkylation sites (N-methyl/N-ethyl adjacent to an activating group) is 1. The summed E-state index contributed by atoms with van der Waals surface area (Å²) in [5.41, 5.74) is 3.57. The third-order valence-electron chi connectivity index (χ3n) is 5.15. The van der Waals surface area contributed by atoms with Crippen LogP contribution in [0.4, 0.5) is 5.69 Å². The molecule has 0 radical (unpaired) electrons. The Hall–Kier alpha value is -3.64. The van der Waals surface area contributed by atoms with E-state index >= 15 is 0 Å². The summed E-state index contributed by atoms with van der Waals surface area (Å²) in [6.07, 6.45) is 3.29. The first-order valence-corrected chi connectivity index (χ1v) is 9.74. The topological polar surface area (TPSA) is 65.9 Å². The quantitative estimate of drug-likeness (QED) is 0.629. The highest BCUT2D eigenvalue weighted by molar-refractivity contribution is 6.30. The monoisotopic (exact) mass is 401 g/mol. The van der Waals surface area contributed by atoms with Crippen molar-refractivity contribution < 1.29 is 14.7 Å². The number of anilines is 1. The highest BCUT2D eigenvalue weighted by Gasteiger charge is 2.39. The van der Waals surface area contributed by atoms with Gasteiger partial charge < -0.3 is 4.74 Å². The summed E-state index contributed by atoms with van der Waals surface area (Å²) < 4.78 is 5.84. The fourth-order valence-electron chi connectivity index (χ4n) is 3.74. The van der Waals surface area contributed by atoms with Crippen molar-refractivity contribution in [3.05, 3.63) is 95.9 Å². The highest BCUT2D eigenvalue weighted by atomic mass is 16.5. The van der Waals surface area contributed by atoms with Crippen LogP contribution in [0.5, 0.6) is 5.75 Å². The molecule has 0 saturated heterocycles. The van der Waals surface area contributed by atoms with E-state index in [2.05, 4.69) is 4.98 Å². The van der Waals surface area contributed by atoms with Crippen molar-refractivity contribution in [3.63, 3.8) is 0 Å². The molecule has 1 aliphatic heterocycles. The summed E-state index contributed by atoms with van der Waals surface area (Å²) in [7, 11) is 1.53. The number of amides is 1. The van der Waals surface area contributed by atoms with Crippen molar-refractivity contribution >= 4 is 17.2 Å². The molecule has 0 aliphatic carbocycles. The van der Waals surface area contributed by atoms with Crippen molar-refractivity contribution in [2.24, 2.45) is 0 Å². The maximum Gasteiger partial charge on any atom is 0.261 e. The van der Waals surface area contributed by atoms with Gasteiger partial charge in [0.25, 0.3) is 5.91 Å². The lowest BCUT2D eigenvalue weighted by Crippen LogP contribution is -2.35. The molecular formula is C24H23N3O3. The van der Waals surface area contributed by atoms with Gasteiger partial charge in [0.05, 0.1) is 17.3 Å². The molecule has 0 bridgehead atoms. The maximum atomic E-state index is 13.3. The molecule has 152 valence electrons. The molecule has 0 spiro atoms. The average Bonchev–Trinajstić information content (AvgIpc) is 3.04. The molecule has 30 heavy (non-hydrogen) atoms. The van der Waals surface area contributed by atoms with E-state index in [1.165, 1.54) is 7.05 Å². The zero-order valence-corrected chi connectivity index (χ0v) is 16.9.